The first-order chi connectivity index (χ1) is 12.2. The molecule has 156 valence electrons. The Morgan fingerprint density at radius 2 is 1.74 bits per heavy atom. The smallest absolute Gasteiger partial charge is 0.330 e. The van der Waals surface area contributed by atoms with Crippen LogP contribution in [0.1, 0.15) is 80.0 Å². The molecule has 0 saturated carbocycles. The van der Waals surface area contributed by atoms with Crippen molar-refractivity contribution in [2.24, 2.45) is 5.41 Å². The maximum atomic E-state index is 12.2. The number of nitrogens with one attached hydrogen (secondary N) is 1. The number of aromatic amines is 1. The molecule has 3 atom stereocenters. The van der Waals surface area contributed by atoms with E-state index in [1.807, 2.05) is 6.92 Å². The average molecular weight is 382 g/mol. The lowest BCUT2D eigenvalue weighted by atomic mass is 9.82. The molecule has 1 rings (SSSR count). The van der Waals surface area contributed by atoms with Crippen LogP contribution in [-0.4, -0.2) is 39.2 Å². The summed E-state index contributed by atoms with van der Waals surface area (Å²) in [5.74, 6) is 0. The molecule has 1 N–H and O–H groups in total. The van der Waals surface area contributed by atoms with E-state index in [9.17, 15) is 9.59 Å². The quantitative estimate of drug-likeness (QED) is 0.746. The van der Waals surface area contributed by atoms with E-state index >= 15 is 0 Å². The minimum absolute atomic E-state index is 0.00598. The van der Waals surface area contributed by atoms with Gasteiger partial charge in [0, 0.05) is 23.3 Å². The second-order valence-electron chi connectivity index (χ2n) is 9.50. The largest absolute Gasteiger partial charge is 0.353 e. The van der Waals surface area contributed by atoms with Gasteiger partial charge < -0.3 is 4.74 Å². The van der Waals surface area contributed by atoms with Crippen molar-refractivity contribution in [3.8, 4) is 0 Å². The first-order valence-corrected chi connectivity index (χ1v) is 9.90. The van der Waals surface area contributed by atoms with Gasteiger partial charge >= 0.3 is 5.69 Å². The molecular weight excluding hydrogens is 342 g/mol. The van der Waals surface area contributed by atoms with Crippen molar-refractivity contribution in [1.29, 1.82) is 0 Å². The van der Waals surface area contributed by atoms with E-state index < -0.39 is 11.9 Å². The summed E-state index contributed by atoms with van der Waals surface area (Å²) in [6.07, 6.45) is 2.98. The van der Waals surface area contributed by atoms with Gasteiger partial charge in [-0.1, -0.05) is 27.2 Å². The van der Waals surface area contributed by atoms with Crippen molar-refractivity contribution in [1.82, 2.24) is 14.5 Å². The Labute approximate surface area is 163 Å². The maximum absolute atomic E-state index is 12.2. The molecule has 0 fully saturated rings. The molecule has 0 aromatic carbocycles. The van der Waals surface area contributed by atoms with Crippen LogP contribution in [-0.2, 0) is 4.74 Å². The number of ether oxygens (including phenoxy) is 1. The second kappa shape index (κ2) is 8.74. The van der Waals surface area contributed by atoms with Gasteiger partial charge in [-0.05, 0) is 60.4 Å². The Morgan fingerprint density at radius 1 is 1.19 bits per heavy atom. The molecule has 1 heterocycles. The van der Waals surface area contributed by atoms with E-state index in [4.69, 9.17) is 4.74 Å². The van der Waals surface area contributed by atoms with E-state index in [2.05, 4.69) is 65.4 Å². The lowest BCUT2D eigenvalue weighted by Crippen LogP contribution is -2.51. The molecule has 0 aliphatic carbocycles. The number of aryl methyl sites for hydroxylation is 1. The van der Waals surface area contributed by atoms with Gasteiger partial charge in [0.2, 0.25) is 0 Å². The van der Waals surface area contributed by atoms with Gasteiger partial charge in [-0.25, -0.2) is 4.79 Å². The van der Waals surface area contributed by atoms with Crippen LogP contribution in [0.5, 0.6) is 0 Å². The van der Waals surface area contributed by atoms with Crippen LogP contribution in [0.15, 0.2) is 15.8 Å². The van der Waals surface area contributed by atoms with Gasteiger partial charge in [0.25, 0.3) is 5.56 Å². The SMILES string of the molecule is CCC(C)(C)CC(O[C@H](C)n1cc(C)c(=O)[nH]c1=O)[C@@H](C)N(C)C(C)(C)C. The fraction of sp³-hybridized carbons (Fsp3) is 0.810. The third-order valence-corrected chi connectivity index (χ3v) is 5.83. The normalized spacial score (nSPS) is 16.4. The molecule has 6 heteroatoms. The van der Waals surface area contributed by atoms with E-state index in [1.54, 1.807) is 13.1 Å². The minimum atomic E-state index is -0.471. The molecule has 0 aliphatic rings. The summed E-state index contributed by atoms with van der Waals surface area (Å²) in [4.78, 5) is 28.6. The highest BCUT2D eigenvalue weighted by atomic mass is 16.5. The Kier molecular flexibility index (Phi) is 7.65. The van der Waals surface area contributed by atoms with Crippen molar-refractivity contribution in [2.45, 2.75) is 99.1 Å². The Hall–Kier alpha value is -1.40. The summed E-state index contributed by atoms with van der Waals surface area (Å²) in [6.45, 7) is 19.0. The Bertz CT molecular complexity index is 727. The second-order valence-corrected chi connectivity index (χ2v) is 9.50. The molecule has 1 aromatic rings. The zero-order valence-corrected chi connectivity index (χ0v) is 18.8. The lowest BCUT2D eigenvalue weighted by molar-refractivity contribution is -0.103. The molecule has 0 amide bonds. The molecular formula is C21H39N3O3. The van der Waals surface area contributed by atoms with Crippen LogP contribution >= 0.6 is 0 Å². The number of likely N-dealkylation sites (N-methyl/N-ethyl adjacent to an activating group) is 1. The molecule has 0 saturated heterocycles. The van der Waals surface area contributed by atoms with Crippen LogP contribution < -0.4 is 11.2 Å². The highest BCUT2D eigenvalue weighted by Gasteiger charge is 2.33. The zero-order chi connectivity index (χ0) is 21.2. The number of aromatic nitrogens is 2. The molecule has 0 aliphatic heterocycles. The van der Waals surface area contributed by atoms with Crippen molar-refractivity contribution in [2.75, 3.05) is 7.05 Å². The molecule has 6 nitrogen and oxygen atoms in total. The van der Waals surface area contributed by atoms with E-state index in [-0.39, 0.29) is 28.7 Å². The summed E-state index contributed by atoms with van der Waals surface area (Å²) in [6, 6.07) is 0.165. The maximum Gasteiger partial charge on any atom is 0.330 e. The standard InChI is InChI=1S/C21H39N3O3/c1-11-21(8,9)12-17(15(3)23(10)20(5,6)7)27-16(4)24-13-14(2)18(25)22-19(24)26/h13,15-17H,11-12H2,1-10H3,(H,22,25,26)/t15-,16-,17?/m1/s1. The molecule has 0 bridgehead atoms. The first kappa shape index (κ1) is 23.6. The summed E-state index contributed by atoms with van der Waals surface area (Å²) in [7, 11) is 2.11. The van der Waals surface area contributed by atoms with Gasteiger partial charge in [-0.15, -0.1) is 0 Å². The zero-order valence-electron chi connectivity index (χ0n) is 18.8. The summed E-state index contributed by atoms with van der Waals surface area (Å²) < 4.78 is 7.89. The molecule has 27 heavy (non-hydrogen) atoms. The summed E-state index contributed by atoms with van der Waals surface area (Å²) in [5.41, 5.74) is -0.165. The van der Waals surface area contributed by atoms with Gasteiger partial charge in [0.1, 0.15) is 6.23 Å². The van der Waals surface area contributed by atoms with Crippen molar-refractivity contribution < 1.29 is 4.74 Å². The Morgan fingerprint density at radius 3 is 2.22 bits per heavy atom. The number of hydrogen-bond donors (Lipinski definition) is 1. The predicted molar refractivity (Wildman–Crippen MR) is 111 cm³/mol. The van der Waals surface area contributed by atoms with Gasteiger partial charge in [-0.3, -0.25) is 19.2 Å². The van der Waals surface area contributed by atoms with Crippen molar-refractivity contribution in [3.63, 3.8) is 0 Å². The fourth-order valence-electron chi connectivity index (χ4n) is 3.06. The van der Waals surface area contributed by atoms with Gasteiger partial charge in [0.15, 0.2) is 0 Å². The third kappa shape index (κ3) is 6.32. The van der Waals surface area contributed by atoms with Gasteiger partial charge in [-0.2, -0.15) is 0 Å². The highest BCUT2D eigenvalue weighted by molar-refractivity contribution is 5.01. The summed E-state index contributed by atoms with van der Waals surface area (Å²) >= 11 is 0. The first-order valence-electron chi connectivity index (χ1n) is 9.90. The molecule has 0 spiro atoms. The monoisotopic (exact) mass is 381 g/mol. The lowest BCUT2D eigenvalue weighted by Gasteiger charge is -2.43. The van der Waals surface area contributed by atoms with Crippen LogP contribution in [0.3, 0.4) is 0 Å². The fourth-order valence-corrected chi connectivity index (χ4v) is 3.06. The highest BCUT2D eigenvalue weighted by Crippen LogP contribution is 2.32. The van der Waals surface area contributed by atoms with E-state index in [0.717, 1.165) is 12.8 Å². The van der Waals surface area contributed by atoms with Crippen LogP contribution in [0, 0.1) is 12.3 Å². The number of nitrogens with zero attached hydrogens (tertiary/aromatic N) is 2. The molecule has 0 radical (unpaired) electrons. The van der Waals surface area contributed by atoms with Crippen LogP contribution in [0.25, 0.3) is 0 Å². The molecule has 1 aromatic heterocycles. The van der Waals surface area contributed by atoms with E-state index in [0.29, 0.717) is 5.56 Å². The third-order valence-electron chi connectivity index (χ3n) is 5.83. The number of H-pyrrole nitrogens is 1. The number of hydrogen-bond acceptors (Lipinski definition) is 4. The van der Waals surface area contributed by atoms with E-state index in [1.165, 1.54) is 4.57 Å². The average Bonchev–Trinajstić information content (AvgIpc) is 2.55. The van der Waals surface area contributed by atoms with Crippen molar-refractivity contribution >= 4 is 0 Å². The topological polar surface area (TPSA) is 67.3 Å². The van der Waals surface area contributed by atoms with Crippen molar-refractivity contribution in [3.05, 3.63) is 32.6 Å². The predicted octanol–water partition coefficient (Wildman–Crippen LogP) is 3.69. The number of rotatable bonds is 8. The minimum Gasteiger partial charge on any atom is -0.353 e. The Balaban J connectivity index is 3.18. The summed E-state index contributed by atoms with van der Waals surface area (Å²) in [5, 5.41) is 0. The van der Waals surface area contributed by atoms with Crippen LogP contribution in [0.2, 0.25) is 0 Å². The van der Waals surface area contributed by atoms with Crippen LogP contribution in [0.4, 0.5) is 0 Å². The van der Waals surface area contributed by atoms with Gasteiger partial charge in [0.05, 0.1) is 6.10 Å². The molecule has 1 unspecified atom stereocenters.